The second-order valence-electron chi connectivity index (χ2n) is 7.50. The highest BCUT2D eigenvalue weighted by Gasteiger charge is 2.38. The molecular weight excluding hydrogens is 374 g/mol. The van der Waals surface area contributed by atoms with Crippen molar-refractivity contribution < 1.29 is 14.7 Å². The van der Waals surface area contributed by atoms with E-state index in [-0.39, 0.29) is 0 Å². The highest BCUT2D eigenvalue weighted by molar-refractivity contribution is 6.00. The molecule has 0 radical (unpaired) electrons. The molecule has 0 aliphatic heterocycles. The first-order chi connectivity index (χ1) is 14.6. The van der Waals surface area contributed by atoms with E-state index >= 15 is 0 Å². The van der Waals surface area contributed by atoms with Gasteiger partial charge in [0, 0.05) is 11.5 Å². The summed E-state index contributed by atoms with van der Waals surface area (Å²) in [5, 5.41) is 14.8. The highest BCUT2D eigenvalue weighted by atomic mass is 16.4. The second-order valence-corrected chi connectivity index (χ2v) is 7.50. The van der Waals surface area contributed by atoms with Gasteiger partial charge in [-0.3, -0.25) is 4.79 Å². The van der Waals surface area contributed by atoms with E-state index in [1.165, 1.54) is 0 Å². The van der Waals surface area contributed by atoms with E-state index in [9.17, 15) is 14.7 Å². The van der Waals surface area contributed by atoms with Crippen molar-refractivity contribution in [2.75, 3.05) is 0 Å². The zero-order valence-electron chi connectivity index (χ0n) is 16.1. The normalized spacial score (nSPS) is 13.5. The molecule has 0 spiro atoms. The van der Waals surface area contributed by atoms with Crippen molar-refractivity contribution in [2.45, 2.75) is 12.0 Å². The molecule has 4 aromatic carbocycles. The number of fused-ring (bicyclic) bond motifs is 4. The van der Waals surface area contributed by atoms with Crippen molar-refractivity contribution in [1.29, 1.82) is 0 Å². The second kappa shape index (κ2) is 7.16. The monoisotopic (exact) mass is 393 g/mol. The van der Waals surface area contributed by atoms with Gasteiger partial charge in [0.15, 0.2) is 0 Å². The molecule has 2 N–H and O–H groups in total. The molecule has 1 amide bonds. The van der Waals surface area contributed by atoms with Gasteiger partial charge in [-0.15, -0.1) is 0 Å². The number of amides is 1. The third-order valence-corrected chi connectivity index (χ3v) is 5.78. The summed E-state index contributed by atoms with van der Waals surface area (Å²) < 4.78 is 0. The van der Waals surface area contributed by atoms with E-state index in [1.54, 1.807) is 12.1 Å². The molecular formula is C26H19NO3. The molecule has 4 aromatic rings. The van der Waals surface area contributed by atoms with E-state index in [2.05, 4.69) is 5.32 Å². The van der Waals surface area contributed by atoms with Gasteiger partial charge in [-0.1, -0.05) is 78.9 Å². The van der Waals surface area contributed by atoms with Gasteiger partial charge in [0.05, 0.1) is 0 Å². The maximum absolute atomic E-state index is 13.0. The van der Waals surface area contributed by atoms with Crippen molar-refractivity contribution in [3.63, 3.8) is 0 Å². The predicted molar refractivity (Wildman–Crippen MR) is 117 cm³/mol. The maximum atomic E-state index is 13.0. The fourth-order valence-corrected chi connectivity index (χ4v) is 4.40. The molecule has 5 rings (SSSR count). The van der Waals surface area contributed by atoms with Crippen LogP contribution < -0.4 is 5.32 Å². The van der Waals surface area contributed by atoms with Gasteiger partial charge >= 0.3 is 5.97 Å². The number of carboxylic acid groups (broad SMARTS) is 1. The topological polar surface area (TPSA) is 66.4 Å². The molecule has 4 nitrogen and oxygen atoms in total. The van der Waals surface area contributed by atoms with Crippen LogP contribution in [0, 0.1) is 0 Å². The summed E-state index contributed by atoms with van der Waals surface area (Å²) in [6.45, 7) is 0. The standard InChI is InChI=1S/C26H19NO3/c28-25(18-14-13-16-7-1-2-8-17(16)15-18)27-24(26(29)30)23-21-11-5-3-9-19(21)20-10-4-6-12-22(20)23/h1-15,23-24H,(H,27,28)(H,29,30)/t24-/m1/s1. The number of carboxylic acids is 1. The molecule has 0 unspecified atom stereocenters. The lowest BCUT2D eigenvalue weighted by Gasteiger charge is -2.23. The predicted octanol–water partition coefficient (Wildman–Crippen LogP) is 4.84. The van der Waals surface area contributed by atoms with Crippen LogP contribution in [0.4, 0.5) is 0 Å². The van der Waals surface area contributed by atoms with Gasteiger partial charge in [-0.25, -0.2) is 4.79 Å². The molecule has 1 aliphatic rings. The van der Waals surface area contributed by atoms with Crippen LogP contribution in [-0.2, 0) is 4.79 Å². The molecule has 0 saturated heterocycles. The van der Waals surface area contributed by atoms with Crippen LogP contribution in [0.1, 0.15) is 27.4 Å². The van der Waals surface area contributed by atoms with E-state index in [1.807, 2.05) is 78.9 Å². The summed E-state index contributed by atoms with van der Waals surface area (Å²) in [5.41, 5.74) is 4.32. The van der Waals surface area contributed by atoms with Crippen LogP contribution in [0.3, 0.4) is 0 Å². The summed E-state index contributed by atoms with van der Waals surface area (Å²) in [6, 6.07) is 27.7. The Morgan fingerprint density at radius 3 is 1.93 bits per heavy atom. The Morgan fingerprint density at radius 1 is 0.733 bits per heavy atom. The summed E-state index contributed by atoms with van der Waals surface area (Å²) >= 11 is 0. The third kappa shape index (κ3) is 2.94. The number of rotatable bonds is 4. The maximum Gasteiger partial charge on any atom is 0.327 e. The van der Waals surface area contributed by atoms with Crippen LogP contribution >= 0.6 is 0 Å². The van der Waals surface area contributed by atoms with Gasteiger partial charge in [0.1, 0.15) is 6.04 Å². The molecule has 0 heterocycles. The summed E-state index contributed by atoms with van der Waals surface area (Å²) in [7, 11) is 0. The number of nitrogens with one attached hydrogen (secondary N) is 1. The van der Waals surface area contributed by atoms with E-state index in [0.29, 0.717) is 5.56 Å². The molecule has 0 aromatic heterocycles. The van der Waals surface area contributed by atoms with E-state index < -0.39 is 23.8 Å². The summed E-state index contributed by atoms with van der Waals surface area (Å²) in [5.74, 6) is -1.89. The van der Waals surface area contributed by atoms with Gasteiger partial charge in [0.2, 0.25) is 0 Å². The lowest BCUT2D eigenvalue weighted by Crippen LogP contribution is -2.44. The van der Waals surface area contributed by atoms with Crippen molar-refractivity contribution in [3.8, 4) is 11.1 Å². The van der Waals surface area contributed by atoms with E-state index in [4.69, 9.17) is 0 Å². The Morgan fingerprint density at radius 2 is 1.30 bits per heavy atom. The minimum Gasteiger partial charge on any atom is -0.480 e. The van der Waals surface area contributed by atoms with Gasteiger partial charge in [-0.05, 0) is 45.2 Å². The molecule has 1 atom stereocenters. The zero-order chi connectivity index (χ0) is 20.7. The van der Waals surface area contributed by atoms with Crippen molar-refractivity contribution in [1.82, 2.24) is 5.32 Å². The fourth-order valence-electron chi connectivity index (χ4n) is 4.40. The SMILES string of the molecule is O=C(N[C@@H](C(=O)O)C1c2ccccc2-c2ccccc21)c1ccc2ccccc2c1. The first kappa shape index (κ1) is 18.1. The molecule has 30 heavy (non-hydrogen) atoms. The fraction of sp³-hybridized carbons (Fsp3) is 0.0769. The molecule has 1 aliphatic carbocycles. The molecule has 146 valence electrons. The van der Waals surface area contributed by atoms with Crippen molar-refractivity contribution >= 4 is 22.6 Å². The quantitative estimate of drug-likeness (QED) is 0.522. The molecule has 0 bridgehead atoms. The van der Waals surface area contributed by atoms with Crippen LogP contribution in [0.2, 0.25) is 0 Å². The van der Waals surface area contributed by atoms with E-state index in [0.717, 1.165) is 33.0 Å². The minimum absolute atomic E-state index is 0.394. The number of hydrogen-bond donors (Lipinski definition) is 2. The van der Waals surface area contributed by atoms with Gasteiger partial charge in [0.25, 0.3) is 5.91 Å². The van der Waals surface area contributed by atoms with Crippen LogP contribution in [0.15, 0.2) is 91.0 Å². The highest BCUT2D eigenvalue weighted by Crippen LogP contribution is 2.46. The number of carbonyl (C=O) groups is 2. The first-order valence-electron chi connectivity index (χ1n) is 9.84. The van der Waals surface area contributed by atoms with Crippen LogP contribution in [0.25, 0.3) is 21.9 Å². The summed E-state index contributed by atoms with van der Waals surface area (Å²) in [6.07, 6.45) is 0. The van der Waals surface area contributed by atoms with Crippen LogP contribution in [-0.4, -0.2) is 23.0 Å². The Kier molecular flexibility index (Phi) is 4.32. The number of aliphatic carboxylic acids is 1. The Labute approximate surface area is 173 Å². The third-order valence-electron chi connectivity index (χ3n) is 5.78. The Bertz CT molecular complexity index is 1250. The lowest BCUT2D eigenvalue weighted by atomic mass is 9.89. The number of carbonyl (C=O) groups excluding carboxylic acids is 1. The average Bonchev–Trinajstić information content (AvgIpc) is 3.11. The number of benzene rings is 4. The van der Waals surface area contributed by atoms with Gasteiger partial charge in [-0.2, -0.15) is 0 Å². The van der Waals surface area contributed by atoms with Crippen molar-refractivity contribution in [2.24, 2.45) is 0 Å². The lowest BCUT2D eigenvalue weighted by molar-refractivity contribution is -0.139. The Balaban J connectivity index is 1.53. The molecule has 0 fully saturated rings. The largest absolute Gasteiger partial charge is 0.480 e. The smallest absolute Gasteiger partial charge is 0.327 e. The van der Waals surface area contributed by atoms with Crippen LogP contribution in [0.5, 0.6) is 0 Å². The molecule has 4 heteroatoms. The molecule has 0 saturated carbocycles. The van der Waals surface area contributed by atoms with Gasteiger partial charge < -0.3 is 10.4 Å². The first-order valence-corrected chi connectivity index (χ1v) is 9.84. The van der Waals surface area contributed by atoms with Crippen molar-refractivity contribution in [3.05, 3.63) is 108 Å². The minimum atomic E-state index is -1.08. The average molecular weight is 393 g/mol. The number of hydrogen-bond acceptors (Lipinski definition) is 2. The zero-order valence-corrected chi connectivity index (χ0v) is 16.1. The Hall–Kier alpha value is -3.92. The summed E-state index contributed by atoms with van der Waals surface area (Å²) in [4.78, 5) is 25.3.